The van der Waals surface area contributed by atoms with Crippen LogP contribution >= 0.6 is 22.9 Å². The standard InChI is InChI=1S/C15H15ClN2O2S/c16-12-4-2-1-3-11(12)14-17-13(9-21-14)15(20)18(7-8-19)10-5-6-10/h1-4,9-10,19H,5-8H2. The van der Waals surface area contributed by atoms with Gasteiger partial charge >= 0.3 is 0 Å². The van der Waals surface area contributed by atoms with Gasteiger partial charge in [0, 0.05) is 23.5 Å². The highest BCUT2D eigenvalue weighted by atomic mass is 35.5. The lowest BCUT2D eigenvalue weighted by atomic mass is 10.2. The van der Waals surface area contributed by atoms with E-state index >= 15 is 0 Å². The Balaban J connectivity index is 1.84. The van der Waals surface area contributed by atoms with E-state index < -0.39 is 0 Å². The predicted octanol–water partition coefficient (Wildman–Crippen LogP) is 3.06. The van der Waals surface area contributed by atoms with Crippen LogP contribution in [0.1, 0.15) is 23.3 Å². The van der Waals surface area contributed by atoms with Gasteiger partial charge in [0.05, 0.1) is 11.6 Å². The molecule has 0 radical (unpaired) electrons. The number of halogens is 1. The Bertz CT molecular complexity index is 655. The number of nitrogens with zero attached hydrogens (tertiary/aromatic N) is 2. The van der Waals surface area contributed by atoms with Crippen molar-refractivity contribution in [3.05, 3.63) is 40.4 Å². The number of carbonyl (C=O) groups is 1. The summed E-state index contributed by atoms with van der Waals surface area (Å²) < 4.78 is 0. The number of rotatable bonds is 5. The van der Waals surface area contributed by atoms with Crippen LogP contribution in [0.4, 0.5) is 0 Å². The Kier molecular flexibility index (Phi) is 4.24. The van der Waals surface area contributed by atoms with Gasteiger partial charge in [-0.2, -0.15) is 0 Å². The van der Waals surface area contributed by atoms with Crippen LogP contribution in [0.2, 0.25) is 5.02 Å². The summed E-state index contributed by atoms with van der Waals surface area (Å²) in [5, 5.41) is 12.2. The van der Waals surface area contributed by atoms with Crippen molar-refractivity contribution in [3.63, 3.8) is 0 Å². The summed E-state index contributed by atoms with van der Waals surface area (Å²) in [6, 6.07) is 7.72. The zero-order chi connectivity index (χ0) is 14.8. The Morgan fingerprint density at radius 2 is 2.19 bits per heavy atom. The van der Waals surface area contributed by atoms with Gasteiger partial charge in [0.1, 0.15) is 10.7 Å². The number of hydrogen-bond acceptors (Lipinski definition) is 4. The lowest BCUT2D eigenvalue weighted by Gasteiger charge is -2.19. The summed E-state index contributed by atoms with van der Waals surface area (Å²) >= 11 is 7.57. The average Bonchev–Trinajstić information content (AvgIpc) is 3.21. The maximum Gasteiger partial charge on any atom is 0.273 e. The first-order chi connectivity index (χ1) is 10.2. The van der Waals surface area contributed by atoms with E-state index in [0.29, 0.717) is 17.3 Å². The second kappa shape index (κ2) is 6.13. The molecule has 110 valence electrons. The zero-order valence-electron chi connectivity index (χ0n) is 11.3. The summed E-state index contributed by atoms with van der Waals surface area (Å²) in [5.74, 6) is -0.110. The minimum atomic E-state index is -0.110. The molecule has 0 saturated heterocycles. The third-order valence-electron chi connectivity index (χ3n) is 3.42. The van der Waals surface area contributed by atoms with Gasteiger partial charge in [0.15, 0.2) is 0 Å². The van der Waals surface area contributed by atoms with E-state index in [9.17, 15) is 4.79 Å². The molecule has 1 aliphatic rings. The highest BCUT2D eigenvalue weighted by molar-refractivity contribution is 7.13. The molecule has 0 aliphatic heterocycles. The van der Waals surface area contributed by atoms with Gasteiger partial charge < -0.3 is 10.0 Å². The van der Waals surface area contributed by atoms with Crippen LogP contribution in [0, 0.1) is 0 Å². The maximum atomic E-state index is 12.5. The monoisotopic (exact) mass is 322 g/mol. The normalized spacial score (nSPS) is 14.2. The van der Waals surface area contributed by atoms with E-state index in [2.05, 4.69) is 4.98 Å². The van der Waals surface area contributed by atoms with Crippen molar-refractivity contribution in [2.45, 2.75) is 18.9 Å². The first kappa shape index (κ1) is 14.5. The summed E-state index contributed by atoms with van der Waals surface area (Å²) in [6.07, 6.45) is 2.01. The van der Waals surface area contributed by atoms with E-state index in [1.165, 1.54) is 11.3 Å². The van der Waals surface area contributed by atoms with Gasteiger partial charge in [-0.25, -0.2) is 4.98 Å². The highest BCUT2D eigenvalue weighted by Crippen LogP contribution is 2.32. The number of aromatic nitrogens is 1. The van der Waals surface area contributed by atoms with Gasteiger partial charge in [-0.3, -0.25) is 4.79 Å². The van der Waals surface area contributed by atoms with Crippen molar-refractivity contribution in [2.24, 2.45) is 0 Å². The molecule has 1 amide bonds. The molecule has 1 saturated carbocycles. The molecule has 6 heteroatoms. The molecule has 0 unspecified atom stereocenters. The van der Waals surface area contributed by atoms with E-state index in [1.54, 1.807) is 10.3 Å². The molecule has 1 fully saturated rings. The van der Waals surface area contributed by atoms with Crippen LogP contribution in [0.25, 0.3) is 10.6 Å². The molecule has 4 nitrogen and oxygen atoms in total. The third-order valence-corrected chi connectivity index (χ3v) is 4.62. The Hall–Kier alpha value is -1.43. The molecular weight excluding hydrogens is 308 g/mol. The van der Waals surface area contributed by atoms with E-state index in [0.717, 1.165) is 23.4 Å². The number of amides is 1. The van der Waals surface area contributed by atoms with E-state index in [1.807, 2.05) is 24.3 Å². The average molecular weight is 323 g/mol. The van der Waals surface area contributed by atoms with Crippen LogP contribution in [0.3, 0.4) is 0 Å². The molecule has 0 bridgehead atoms. The minimum Gasteiger partial charge on any atom is -0.395 e. The Morgan fingerprint density at radius 1 is 1.43 bits per heavy atom. The number of aliphatic hydroxyl groups excluding tert-OH is 1. The van der Waals surface area contributed by atoms with Gasteiger partial charge in [-0.1, -0.05) is 29.8 Å². The second-order valence-corrected chi connectivity index (χ2v) is 6.24. The van der Waals surface area contributed by atoms with Crippen LogP contribution in [-0.2, 0) is 0 Å². The smallest absolute Gasteiger partial charge is 0.273 e. The first-order valence-corrected chi connectivity index (χ1v) is 8.08. The van der Waals surface area contributed by atoms with Crippen molar-refractivity contribution in [1.29, 1.82) is 0 Å². The zero-order valence-corrected chi connectivity index (χ0v) is 12.9. The summed E-state index contributed by atoms with van der Waals surface area (Å²) in [4.78, 5) is 18.6. The summed E-state index contributed by atoms with van der Waals surface area (Å²) in [7, 11) is 0. The third kappa shape index (κ3) is 3.10. The van der Waals surface area contributed by atoms with Crippen molar-refractivity contribution in [1.82, 2.24) is 9.88 Å². The molecule has 0 atom stereocenters. The molecular formula is C15H15ClN2O2S. The second-order valence-electron chi connectivity index (χ2n) is 4.97. The molecule has 1 aromatic heterocycles. The van der Waals surface area contributed by atoms with Crippen LogP contribution in [0.5, 0.6) is 0 Å². The minimum absolute atomic E-state index is 0.0241. The van der Waals surface area contributed by atoms with E-state index in [4.69, 9.17) is 16.7 Å². The van der Waals surface area contributed by atoms with Crippen LogP contribution in [0.15, 0.2) is 29.6 Å². The molecule has 1 aliphatic carbocycles. The highest BCUT2D eigenvalue weighted by Gasteiger charge is 2.33. The van der Waals surface area contributed by atoms with Crippen molar-refractivity contribution in [2.75, 3.05) is 13.2 Å². The van der Waals surface area contributed by atoms with Gasteiger partial charge in [-0.15, -0.1) is 11.3 Å². The fourth-order valence-electron chi connectivity index (χ4n) is 2.22. The van der Waals surface area contributed by atoms with Crippen molar-refractivity contribution < 1.29 is 9.90 Å². The molecule has 2 aromatic rings. The Morgan fingerprint density at radius 3 is 2.86 bits per heavy atom. The number of benzene rings is 1. The van der Waals surface area contributed by atoms with Gasteiger partial charge in [0.2, 0.25) is 0 Å². The lowest BCUT2D eigenvalue weighted by molar-refractivity contribution is 0.0702. The first-order valence-electron chi connectivity index (χ1n) is 6.83. The number of carbonyl (C=O) groups excluding carboxylic acids is 1. The SMILES string of the molecule is O=C(c1csc(-c2ccccc2Cl)n1)N(CCO)C1CC1. The number of thiazole rings is 1. The maximum absolute atomic E-state index is 12.5. The lowest BCUT2D eigenvalue weighted by Crippen LogP contribution is -2.35. The van der Waals surface area contributed by atoms with E-state index in [-0.39, 0.29) is 18.6 Å². The molecule has 1 N–H and O–H groups in total. The molecule has 1 aromatic carbocycles. The largest absolute Gasteiger partial charge is 0.395 e. The number of hydrogen-bond donors (Lipinski definition) is 1. The quantitative estimate of drug-likeness (QED) is 0.920. The van der Waals surface area contributed by atoms with Crippen LogP contribution < -0.4 is 0 Å². The summed E-state index contributed by atoms with van der Waals surface area (Å²) in [5.41, 5.74) is 1.26. The molecule has 3 rings (SSSR count). The molecule has 1 heterocycles. The van der Waals surface area contributed by atoms with Crippen molar-refractivity contribution >= 4 is 28.8 Å². The molecule has 0 spiro atoms. The van der Waals surface area contributed by atoms with Crippen LogP contribution in [-0.4, -0.2) is 40.1 Å². The molecule has 21 heavy (non-hydrogen) atoms. The van der Waals surface area contributed by atoms with Gasteiger partial charge in [-0.05, 0) is 18.9 Å². The van der Waals surface area contributed by atoms with Crippen molar-refractivity contribution in [3.8, 4) is 10.6 Å². The predicted molar refractivity (Wildman–Crippen MR) is 83.7 cm³/mol. The Labute approximate surface area is 132 Å². The number of aliphatic hydroxyl groups is 1. The topological polar surface area (TPSA) is 53.4 Å². The van der Waals surface area contributed by atoms with Gasteiger partial charge in [0.25, 0.3) is 5.91 Å². The fourth-order valence-corrected chi connectivity index (χ4v) is 3.34. The summed E-state index contributed by atoms with van der Waals surface area (Å²) in [6.45, 7) is 0.339. The fraction of sp³-hybridized carbons (Fsp3) is 0.333.